The number of aromatic amines is 2. The Morgan fingerprint density at radius 3 is 2.60 bits per heavy atom. The summed E-state index contributed by atoms with van der Waals surface area (Å²) in [6.07, 6.45) is 0.773. The average Bonchev–Trinajstić information content (AvgIpc) is 3.18. The summed E-state index contributed by atoms with van der Waals surface area (Å²) in [7, 11) is 3.14. The van der Waals surface area contributed by atoms with Crippen LogP contribution in [0.2, 0.25) is 0 Å². The van der Waals surface area contributed by atoms with Crippen LogP contribution in [0.15, 0.2) is 18.2 Å². The molecule has 0 bridgehead atoms. The van der Waals surface area contributed by atoms with Gasteiger partial charge in [-0.15, -0.1) is 5.10 Å². The maximum Gasteiger partial charge on any atom is 0.274 e. The fourth-order valence-corrected chi connectivity index (χ4v) is 2.58. The van der Waals surface area contributed by atoms with E-state index in [-0.39, 0.29) is 11.9 Å². The number of carbonyl (C=O) groups excluding carboxylic acids is 1. The lowest BCUT2D eigenvalue weighted by atomic mass is 10.1. The fraction of sp³-hybridized carbons (Fsp3) is 0.353. The number of hydrogen-bond acceptors (Lipinski definition) is 5. The van der Waals surface area contributed by atoms with Crippen molar-refractivity contribution < 1.29 is 14.3 Å². The van der Waals surface area contributed by atoms with E-state index in [2.05, 4.69) is 39.3 Å². The monoisotopic (exact) mass is 343 g/mol. The summed E-state index contributed by atoms with van der Waals surface area (Å²) in [4.78, 5) is 19.8. The number of ether oxygens (including phenoxy) is 2. The number of nitrogens with one attached hydrogen (secondary N) is 3. The van der Waals surface area contributed by atoms with Crippen molar-refractivity contribution in [2.24, 2.45) is 5.92 Å². The van der Waals surface area contributed by atoms with Gasteiger partial charge in [0, 0.05) is 23.4 Å². The molecule has 1 amide bonds. The number of benzene rings is 1. The van der Waals surface area contributed by atoms with Gasteiger partial charge >= 0.3 is 0 Å². The molecule has 8 heteroatoms. The Bertz CT molecular complexity index is 856. The third-order valence-corrected chi connectivity index (χ3v) is 3.73. The number of carbonyl (C=O) groups is 1. The van der Waals surface area contributed by atoms with E-state index in [0.29, 0.717) is 23.1 Å². The minimum Gasteiger partial charge on any atom is -0.493 e. The van der Waals surface area contributed by atoms with E-state index < -0.39 is 0 Å². The Morgan fingerprint density at radius 2 is 1.92 bits per heavy atom. The predicted molar refractivity (Wildman–Crippen MR) is 94.3 cm³/mol. The first kappa shape index (κ1) is 16.8. The van der Waals surface area contributed by atoms with Crippen molar-refractivity contribution in [3.63, 3.8) is 0 Å². The van der Waals surface area contributed by atoms with Gasteiger partial charge in [0.15, 0.2) is 11.5 Å². The molecular weight excluding hydrogens is 322 g/mol. The van der Waals surface area contributed by atoms with E-state index in [1.165, 1.54) is 0 Å². The topological polar surface area (TPSA) is 105 Å². The molecule has 0 atom stereocenters. The largest absolute Gasteiger partial charge is 0.493 e. The molecule has 2 heterocycles. The summed E-state index contributed by atoms with van der Waals surface area (Å²) in [5, 5.41) is 10.4. The molecule has 3 N–H and O–H groups in total. The van der Waals surface area contributed by atoms with Crippen LogP contribution in [0, 0.1) is 5.92 Å². The Balaban J connectivity index is 1.81. The SMILES string of the molecule is COc1cc2cc(C(=O)Nc3n[nH]c(CC(C)C)n3)[nH]c2cc1OC. The highest BCUT2D eigenvalue weighted by Gasteiger charge is 2.15. The molecule has 1 aromatic carbocycles. The molecule has 25 heavy (non-hydrogen) atoms. The summed E-state index contributed by atoms with van der Waals surface area (Å²) >= 11 is 0. The molecule has 0 aliphatic rings. The smallest absolute Gasteiger partial charge is 0.274 e. The van der Waals surface area contributed by atoms with Crippen molar-refractivity contribution >= 4 is 22.8 Å². The fourth-order valence-electron chi connectivity index (χ4n) is 2.58. The van der Waals surface area contributed by atoms with Crippen LogP contribution in [0.3, 0.4) is 0 Å². The standard InChI is InChI=1S/C17H21N5O3/c1-9(2)5-15-19-17(22-21-15)20-16(23)12-6-10-7-13(24-3)14(25-4)8-11(10)18-12/h6-9,18H,5H2,1-4H3,(H2,19,20,21,22,23). The minimum atomic E-state index is -0.316. The second-order valence-electron chi connectivity index (χ2n) is 6.14. The van der Waals surface area contributed by atoms with Gasteiger partial charge in [-0.05, 0) is 18.1 Å². The van der Waals surface area contributed by atoms with Crippen molar-refractivity contribution in [3.8, 4) is 11.5 Å². The number of aromatic nitrogens is 4. The summed E-state index contributed by atoms with van der Waals surface area (Å²) in [5.74, 6) is 2.34. The van der Waals surface area contributed by atoms with E-state index in [9.17, 15) is 4.79 Å². The van der Waals surface area contributed by atoms with Crippen molar-refractivity contribution in [2.45, 2.75) is 20.3 Å². The van der Waals surface area contributed by atoms with Crippen LogP contribution in [-0.2, 0) is 6.42 Å². The third kappa shape index (κ3) is 3.57. The first-order chi connectivity index (χ1) is 12.0. The quantitative estimate of drug-likeness (QED) is 0.638. The number of fused-ring (bicyclic) bond motifs is 1. The number of H-pyrrole nitrogens is 2. The minimum absolute atomic E-state index is 0.259. The van der Waals surface area contributed by atoms with Gasteiger partial charge in [0.1, 0.15) is 11.5 Å². The van der Waals surface area contributed by atoms with Crippen LogP contribution in [0.1, 0.15) is 30.2 Å². The second kappa shape index (κ2) is 6.84. The molecule has 3 aromatic rings. The number of hydrogen-bond donors (Lipinski definition) is 3. The molecule has 0 aliphatic carbocycles. The van der Waals surface area contributed by atoms with E-state index in [4.69, 9.17) is 9.47 Å². The molecule has 0 spiro atoms. The number of nitrogens with zero attached hydrogens (tertiary/aromatic N) is 2. The molecule has 8 nitrogen and oxygen atoms in total. The van der Waals surface area contributed by atoms with Gasteiger partial charge in [0.25, 0.3) is 5.91 Å². The van der Waals surface area contributed by atoms with Crippen LogP contribution in [0.5, 0.6) is 11.5 Å². The van der Waals surface area contributed by atoms with Crippen LogP contribution in [0.25, 0.3) is 10.9 Å². The number of rotatable bonds is 6. The Labute approximate surface area is 144 Å². The van der Waals surface area contributed by atoms with Gasteiger partial charge < -0.3 is 14.5 Å². The molecule has 132 valence electrons. The first-order valence-corrected chi connectivity index (χ1v) is 7.97. The zero-order chi connectivity index (χ0) is 18.0. The highest BCUT2D eigenvalue weighted by atomic mass is 16.5. The van der Waals surface area contributed by atoms with Crippen molar-refractivity contribution in [1.29, 1.82) is 0 Å². The average molecular weight is 343 g/mol. The molecule has 0 fully saturated rings. The van der Waals surface area contributed by atoms with Crippen molar-refractivity contribution in [1.82, 2.24) is 20.2 Å². The van der Waals surface area contributed by atoms with E-state index >= 15 is 0 Å². The highest BCUT2D eigenvalue weighted by Crippen LogP contribution is 2.32. The van der Waals surface area contributed by atoms with Crippen molar-refractivity contribution in [3.05, 3.63) is 29.7 Å². The zero-order valence-corrected chi connectivity index (χ0v) is 14.6. The molecule has 0 saturated carbocycles. The van der Waals surface area contributed by atoms with Gasteiger partial charge in [-0.25, -0.2) is 0 Å². The zero-order valence-electron chi connectivity index (χ0n) is 14.6. The number of amides is 1. The summed E-state index contributed by atoms with van der Waals surface area (Å²) in [6.45, 7) is 4.18. The van der Waals surface area contributed by atoms with Crippen LogP contribution >= 0.6 is 0 Å². The molecular formula is C17H21N5O3. The molecule has 3 rings (SSSR count). The van der Waals surface area contributed by atoms with E-state index in [1.54, 1.807) is 26.4 Å². The lowest BCUT2D eigenvalue weighted by Gasteiger charge is -2.06. The lowest BCUT2D eigenvalue weighted by molar-refractivity contribution is 0.102. The number of methoxy groups -OCH3 is 2. The van der Waals surface area contributed by atoms with E-state index in [0.717, 1.165) is 23.1 Å². The Kier molecular flexibility index (Phi) is 4.60. The van der Waals surface area contributed by atoms with Crippen molar-refractivity contribution in [2.75, 3.05) is 19.5 Å². The maximum absolute atomic E-state index is 12.4. The van der Waals surface area contributed by atoms with Gasteiger partial charge in [0.2, 0.25) is 5.95 Å². The molecule has 0 saturated heterocycles. The summed E-state index contributed by atoms with van der Waals surface area (Å²) < 4.78 is 10.6. The van der Waals surface area contributed by atoms with Crippen LogP contribution in [-0.4, -0.2) is 40.3 Å². The number of anilines is 1. The lowest BCUT2D eigenvalue weighted by Crippen LogP contribution is -2.13. The molecule has 0 aliphatic heterocycles. The second-order valence-corrected chi connectivity index (χ2v) is 6.14. The summed E-state index contributed by atoms with van der Waals surface area (Å²) in [6, 6.07) is 5.35. The van der Waals surface area contributed by atoms with E-state index in [1.807, 2.05) is 6.07 Å². The van der Waals surface area contributed by atoms with Gasteiger partial charge in [-0.1, -0.05) is 13.8 Å². The maximum atomic E-state index is 12.4. The third-order valence-electron chi connectivity index (χ3n) is 3.73. The van der Waals surface area contributed by atoms with Gasteiger partial charge in [0.05, 0.1) is 14.2 Å². The highest BCUT2D eigenvalue weighted by molar-refractivity contribution is 6.05. The van der Waals surface area contributed by atoms with Gasteiger partial charge in [-0.3, -0.25) is 15.2 Å². The Morgan fingerprint density at radius 1 is 1.20 bits per heavy atom. The molecule has 0 unspecified atom stereocenters. The predicted octanol–water partition coefficient (Wildman–Crippen LogP) is 2.75. The summed E-state index contributed by atoms with van der Waals surface area (Å²) in [5.41, 5.74) is 1.18. The van der Waals surface area contributed by atoms with Crippen LogP contribution < -0.4 is 14.8 Å². The molecule has 2 aromatic heterocycles. The van der Waals surface area contributed by atoms with Crippen LogP contribution in [0.4, 0.5) is 5.95 Å². The molecule has 0 radical (unpaired) electrons. The first-order valence-electron chi connectivity index (χ1n) is 7.97. The van der Waals surface area contributed by atoms with Gasteiger partial charge in [-0.2, -0.15) is 4.98 Å². The normalized spacial score (nSPS) is 11.1. The Hall–Kier alpha value is -3.03.